The molecule has 1 N–H and O–H groups in total. The number of carboxylic acids is 1. The van der Waals surface area contributed by atoms with Crippen LogP contribution < -0.4 is 5.43 Å². The molecule has 18 heavy (non-hydrogen) atoms. The number of hydrogen-bond acceptors (Lipinski definition) is 2. The third-order valence-electron chi connectivity index (χ3n) is 2.98. The molecule has 1 aromatic carbocycles. The van der Waals surface area contributed by atoms with Gasteiger partial charge in [0.25, 0.3) is 0 Å². The van der Waals surface area contributed by atoms with Crippen molar-refractivity contribution in [2.45, 2.75) is 6.92 Å². The Morgan fingerprint density at radius 1 is 1.22 bits per heavy atom. The van der Waals surface area contributed by atoms with E-state index in [-0.39, 0.29) is 5.56 Å². The molecule has 2 rings (SSSR count). The highest BCUT2D eigenvalue weighted by atomic mass is 16.4. The van der Waals surface area contributed by atoms with Crippen LogP contribution in [0.4, 0.5) is 0 Å². The predicted octanol–water partition coefficient (Wildman–Crippen LogP) is 2.06. The quantitative estimate of drug-likeness (QED) is 0.878. The number of rotatable bonds is 2. The predicted molar refractivity (Wildman–Crippen MR) is 68.8 cm³/mol. The maximum Gasteiger partial charge on any atom is 0.341 e. The van der Waals surface area contributed by atoms with E-state index in [2.05, 4.69) is 0 Å². The van der Waals surface area contributed by atoms with Gasteiger partial charge in [-0.3, -0.25) is 4.79 Å². The van der Waals surface area contributed by atoms with Gasteiger partial charge in [0.15, 0.2) is 0 Å². The molecule has 0 spiro atoms. The van der Waals surface area contributed by atoms with Crippen LogP contribution in [0.1, 0.15) is 16.1 Å². The Labute approximate surface area is 104 Å². The third-order valence-corrected chi connectivity index (χ3v) is 2.98. The van der Waals surface area contributed by atoms with Gasteiger partial charge in [-0.1, -0.05) is 30.3 Å². The molecule has 1 aromatic heterocycles. The van der Waals surface area contributed by atoms with Crippen molar-refractivity contribution in [3.8, 4) is 11.1 Å². The first-order valence-electron chi connectivity index (χ1n) is 5.51. The summed E-state index contributed by atoms with van der Waals surface area (Å²) in [5.74, 6) is -1.19. The van der Waals surface area contributed by atoms with Crippen molar-refractivity contribution in [1.29, 1.82) is 0 Å². The van der Waals surface area contributed by atoms with Crippen LogP contribution in [0.3, 0.4) is 0 Å². The standard InChI is InChI=1S/C14H13NO3/c1-9-12(14(17)18)13(16)11(8-15(9)2)10-6-4-3-5-7-10/h3-8H,1-2H3,(H,17,18). The number of aromatic carboxylic acids is 1. The smallest absolute Gasteiger partial charge is 0.341 e. The fourth-order valence-electron chi connectivity index (χ4n) is 1.90. The average Bonchev–Trinajstić information content (AvgIpc) is 2.34. The molecule has 1 heterocycles. The van der Waals surface area contributed by atoms with E-state index in [4.69, 9.17) is 5.11 Å². The second-order valence-electron chi connectivity index (χ2n) is 4.11. The lowest BCUT2D eigenvalue weighted by atomic mass is 10.0. The average molecular weight is 243 g/mol. The van der Waals surface area contributed by atoms with Crippen LogP contribution in [0.5, 0.6) is 0 Å². The second kappa shape index (κ2) is 4.49. The van der Waals surface area contributed by atoms with Gasteiger partial charge in [-0.25, -0.2) is 4.79 Å². The Hall–Kier alpha value is -2.36. The van der Waals surface area contributed by atoms with Crippen LogP contribution >= 0.6 is 0 Å². The molecule has 4 nitrogen and oxygen atoms in total. The van der Waals surface area contributed by atoms with Gasteiger partial charge < -0.3 is 9.67 Å². The SMILES string of the molecule is Cc1c(C(=O)O)c(=O)c(-c2ccccc2)cn1C. The van der Waals surface area contributed by atoms with Crippen molar-refractivity contribution in [1.82, 2.24) is 4.57 Å². The largest absolute Gasteiger partial charge is 0.477 e. The maximum absolute atomic E-state index is 12.2. The molecule has 0 atom stereocenters. The van der Waals surface area contributed by atoms with Crippen molar-refractivity contribution in [2.24, 2.45) is 7.05 Å². The van der Waals surface area contributed by atoms with Crippen LogP contribution in [0.2, 0.25) is 0 Å². The summed E-state index contributed by atoms with van der Waals surface area (Å²) in [6, 6.07) is 9.06. The molecule has 0 aliphatic rings. The summed E-state index contributed by atoms with van der Waals surface area (Å²) in [6.07, 6.45) is 1.67. The lowest BCUT2D eigenvalue weighted by Gasteiger charge is -2.10. The fourth-order valence-corrected chi connectivity index (χ4v) is 1.90. The van der Waals surface area contributed by atoms with E-state index in [1.54, 1.807) is 36.9 Å². The van der Waals surface area contributed by atoms with Crippen molar-refractivity contribution in [3.05, 3.63) is 58.0 Å². The zero-order valence-electron chi connectivity index (χ0n) is 10.2. The summed E-state index contributed by atoms with van der Waals surface area (Å²) in [7, 11) is 1.73. The van der Waals surface area contributed by atoms with Gasteiger partial charge in [-0.15, -0.1) is 0 Å². The number of hydrogen-bond donors (Lipinski definition) is 1. The van der Waals surface area contributed by atoms with E-state index in [1.165, 1.54) is 0 Å². The first kappa shape index (κ1) is 12.1. The zero-order valence-corrected chi connectivity index (χ0v) is 10.2. The molecule has 0 fully saturated rings. The number of benzene rings is 1. The highest BCUT2D eigenvalue weighted by Crippen LogP contribution is 2.16. The maximum atomic E-state index is 12.2. The Bertz CT molecular complexity index is 657. The summed E-state index contributed by atoms with van der Waals surface area (Å²) in [5, 5.41) is 9.13. The summed E-state index contributed by atoms with van der Waals surface area (Å²) in [6.45, 7) is 1.62. The van der Waals surface area contributed by atoms with E-state index in [0.717, 1.165) is 5.56 Å². The topological polar surface area (TPSA) is 59.3 Å². The van der Waals surface area contributed by atoms with E-state index in [1.807, 2.05) is 18.2 Å². The van der Waals surface area contributed by atoms with Gasteiger partial charge in [-0.2, -0.15) is 0 Å². The number of carbonyl (C=O) groups is 1. The van der Waals surface area contributed by atoms with Crippen LogP contribution in [0.15, 0.2) is 41.3 Å². The lowest BCUT2D eigenvalue weighted by molar-refractivity contribution is 0.0693. The highest BCUT2D eigenvalue weighted by Gasteiger charge is 2.17. The molecule has 92 valence electrons. The minimum Gasteiger partial charge on any atom is -0.477 e. The van der Waals surface area contributed by atoms with Crippen LogP contribution in [-0.2, 0) is 7.05 Å². The second-order valence-corrected chi connectivity index (χ2v) is 4.11. The zero-order chi connectivity index (χ0) is 13.3. The molecule has 0 saturated carbocycles. The number of aromatic nitrogens is 1. The highest BCUT2D eigenvalue weighted by molar-refractivity contribution is 5.90. The van der Waals surface area contributed by atoms with Crippen LogP contribution in [-0.4, -0.2) is 15.6 Å². The van der Waals surface area contributed by atoms with Crippen LogP contribution in [0, 0.1) is 6.92 Å². The van der Waals surface area contributed by atoms with Crippen LogP contribution in [0.25, 0.3) is 11.1 Å². The molecule has 0 radical (unpaired) electrons. The molecule has 0 aliphatic carbocycles. The molecule has 0 unspecified atom stereocenters. The van der Waals surface area contributed by atoms with Crippen molar-refractivity contribution < 1.29 is 9.90 Å². The summed E-state index contributed by atoms with van der Waals surface area (Å²) in [4.78, 5) is 23.4. The molecular weight excluding hydrogens is 230 g/mol. The van der Waals surface area contributed by atoms with Gasteiger partial charge in [0.1, 0.15) is 5.56 Å². The Morgan fingerprint density at radius 2 is 1.83 bits per heavy atom. The van der Waals surface area contributed by atoms with Gasteiger partial charge in [0.05, 0.1) is 0 Å². The number of carboxylic acid groups (broad SMARTS) is 1. The fraction of sp³-hybridized carbons (Fsp3) is 0.143. The van der Waals surface area contributed by atoms with Crippen molar-refractivity contribution in [3.63, 3.8) is 0 Å². The lowest BCUT2D eigenvalue weighted by Crippen LogP contribution is -2.22. The van der Waals surface area contributed by atoms with Gasteiger partial charge >= 0.3 is 5.97 Å². The molecule has 2 aromatic rings. The normalized spacial score (nSPS) is 10.3. The van der Waals surface area contributed by atoms with E-state index in [9.17, 15) is 9.59 Å². The van der Waals surface area contributed by atoms with E-state index >= 15 is 0 Å². The van der Waals surface area contributed by atoms with Gasteiger partial charge in [-0.05, 0) is 12.5 Å². The molecule has 0 amide bonds. The molecule has 0 aliphatic heterocycles. The van der Waals surface area contributed by atoms with E-state index in [0.29, 0.717) is 11.3 Å². The van der Waals surface area contributed by atoms with Crippen molar-refractivity contribution in [2.75, 3.05) is 0 Å². The Morgan fingerprint density at radius 3 is 2.39 bits per heavy atom. The molecule has 0 bridgehead atoms. The minimum atomic E-state index is -1.19. The third kappa shape index (κ3) is 1.93. The summed E-state index contributed by atoms with van der Waals surface area (Å²) < 4.78 is 1.66. The summed E-state index contributed by atoms with van der Waals surface area (Å²) in [5.41, 5.74) is 0.969. The van der Waals surface area contributed by atoms with Gasteiger partial charge in [0, 0.05) is 24.5 Å². The Balaban J connectivity index is 2.79. The number of nitrogens with zero attached hydrogens (tertiary/aromatic N) is 1. The first-order chi connectivity index (χ1) is 8.52. The minimum absolute atomic E-state index is 0.168. The molecular formula is C14H13NO3. The summed E-state index contributed by atoms with van der Waals surface area (Å²) >= 11 is 0. The van der Waals surface area contributed by atoms with E-state index < -0.39 is 11.4 Å². The Kier molecular flexibility index (Phi) is 3.02. The monoisotopic (exact) mass is 243 g/mol. The van der Waals surface area contributed by atoms with Crippen molar-refractivity contribution >= 4 is 5.97 Å². The molecule has 4 heteroatoms. The molecule has 0 saturated heterocycles. The number of pyridine rings is 1. The first-order valence-corrected chi connectivity index (χ1v) is 5.51. The number of aryl methyl sites for hydroxylation is 1. The van der Waals surface area contributed by atoms with Gasteiger partial charge in [0.2, 0.25) is 5.43 Å².